The van der Waals surface area contributed by atoms with Gasteiger partial charge in [-0.15, -0.1) is 22.7 Å². The van der Waals surface area contributed by atoms with Crippen LogP contribution in [0.5, 0.6) is 0 Å². The van der Waals surface area contributed by atoms with Gasteiger partial charge in [-0.2, -0.15) is 0 Å². The predicted octanol–water partition coefficient (Wildman–Crippen LogP) is 5.19. The third kappa shape index (κ3) is 3.12. The van der Waals surface area contributed by atoms with Gasteiger partial charge in [-0.1, -0.05) is 0 Å². The van der Waals surface area contributed by atoms with Gasteiger partial charge >= 0.3 is 0 Å². The number of thiazole rings is 2. The molecule has 0 aromatic carbocycles. The Morgan fingerprint density at radius 1 is 1.16 bits per heavy atom. The van der Waals surface area contributed by atoms with Crippen LogP contribution in [0, 0.1) is 20.8 Å². The van der Waals surface area contributed by atoms with Crippen molar-refractivity contribution in [3.63, 3.8) is 0 Å². The smallest absolute Gasteiger partial charge is 0.194 e. The molecule has 0 radical (unpaired) electrons. The summed E-state index contributed by atoms with van der Waals surface area (Å²) in [5.41, 5.74) is 5.51. The monoisotopic (exact) mass is 370 g/mol. The summed E-state index contributed by atoms with van der Waals surface area (Å²) in [5, 5.41) is 9.37. The van der Waals surface area contributed by atoms with Crippen LogP contribution in [0.1, 0.15) is 22.8 Å². The van der Waals surface area contributed by atoms with Gasteiger partial charge in [0.1, 0.15) is 5.76 Å². The molecule has 0 spiro atoms. The molecule has 0 atom stereocenters. The average molecular weight is 371 g/mol. The van der Waals surface area contributed by atoms with E-state index in [1.54, 1.807) is 28.9 Å². The van der Waals surface area contributed by atoms with Gasteiger partial charge in [-0.25, -0.2) is 9.97 Å². The summed E-state index contributed by atoms with van der Waals surface area (Å²) in [7, 11) is 0. The van der Waals surface area contributed by atoms with Crippen molar-refractivity contribution in [2.24, 2.45) is 0 Å². The third-order valence-electron chi connectivity index (χ3n) is 4.00. The number of nitrogens with one attached hydrogen (secondary N) is 1. The molecule has 7 heteroatoms. The Hall–Kier alpha value is -2.38. The molecule has 5 nitrogen and oxygen atoms in total. The Kier molecular flexibility index (Phi) is 4.19. The van der Waals surface area contributed by atoms with Crippen LogP contribution in [-0.4, -0.2) is 14.5 Å². The first-order valence-corrected chi connectivity index (χ1v) is 9.71. The first kappa shape index (κ1) is 16.1. The van der Waals surface area contributed by atoms with E-state index in [0.29, 0.717) is 6.54 Å². The van der Waals surface area contributed by atoms with Crippen LogP contribution in [-0.2, 0) is 6.54 Å². The van der Waals surface area contributed by atoms with Crippen molar-refractivity contribution in [3.05, 3.63) is 58.1 Å². The number of nitrogens with zero attached hydrogens (tertiary/aromatic N) is 3. The minimum absolute atomic E-state index is 0.636. The molecule has 0 aliphatic heterocycles. The molecule has 0 bridgehead atoms. The Bertz CT molecular complexity index is 995. The predicted molar refractivity (Wildman–Crippen MR) is 103 cm³/mol. The maximum absolute atomic E-state index is 5.34. The SMILES string of the molecule is Cc1csc(-n2c(C)cc(-c3csc(NCc4ccco4)n3)c2C)n1. The maximum Gasteiger partial charge on any atom is 0.194 e. The van der Waals surface area contributed by atoms with E-state index in [1.807, 2.05) is 19.1 Å². The second-order valence-corrected chi connectivity index (χ2v) is 7.56. The lowest BCUT2D eigenvalue weighted by Crippen LogP contribution is -1.99. The number of aryl methyl sites for hydroxylation is 2. The quantitative estimate of drug-likeness (QED) is 0.525. The topological polar surface area (TPSA) is 55.9 Å². The fourth-order valence-corrected chi connectivity index (χ4v) is 4.44. The molecule has 1 N–H and O–H groups in total. The van der Waals surface area contributed by atoms with Gasteiger partial charge in [0.15, 0.2) is 10.3 Å². The van der Waals surface area contributed by atoms with Crippen LogP contribution in [0.4, 0.5) is 5.13 Å². The first-order valence-electron chi connectivity index (χ1n) is 7.95. The molecule has 0 aliphatic rings. The van der Waals surface area contributed by atoms with E-state index in [4.69, 9.17) is 9.40 Å². The molecule has 4 aromatic heterocycles. The summed E-state index contributed by atoms with van der Waals surface area (Å²) in [6, 6.07) is 6.02. The number of rotatable bonds is 5. The zero-order valence-corrected chi connectivity index (χ0v) is 15.9. The number of furan rings is 1. The Labute approximate surface area is 154 Å². The van der Waals surface area contributed by atoms with Crippen molar-refractivity contribution >= 4 is 27.8 Å². The molecule has 4 heterocycles. The second kappa shape index (κ2) is 6.50. The Morgan fingerprint density at radius 2 is 2.04 bits per heavy atom. The summed E-state index contributed by atoms with van der Waals surface area (Å²) in [6.07, 6.45) is 1.68. The fourth-order valence-electron chi connectivity index (χ4n) is 2.82. The lowest BCUT2D eigenvalue weighted by atomic mass is 10.2. The van der Waals surface area contributed by atoms with Crippen LogP contribution in [0.15, 0.2) is 39.6 Å². The van der Waals surface area contributed by atoms with Crippen LogP contribution in [0.3, 0.4) is 0 Å². The fraction of sp³-hybridized carbons (Fsp3) is 0.222. The van der Waals surface area contributed by atoms with Crippen LogP contribution in [0.2, 0.25) is 0 Å². The highest BCUT2D eigenvalue weighted by Crippen LogP contribution is 2.32. The third-order valence-corrected chi connectivity index (χ3v) is 5.75. The molecule has 128 valence electrons. The maximum atomic E-state index is 5.34. The molecule has 4 rings (SSSR count). The molecule has 0 fully saturated rings. The van der Waals surface area contributed by atoms with E-state index in [1.165, 1.54) is 5.69 Å². The lowest BCUT2D eigenvalue weighted by molar-refractivity contribution is 0.518. The summed E-state index contributed by atoms with van der Waals surface area (Å²) in [6.45, 7) is 6.88. The van der Waals surface area contributed by atoms with Crippen LogP contribution in [0.25, 0.3) is 16.4 Å². The van der Waals surface area contributed by atoms with Gasteiger partial charge < -0.3 is 9.73 Å². The molecule has 0 amide bonds. The highest BCUT2D eigenvalue weighted by molar-refractivity contribution is 7.14. The standard InChI is InChI=1S/C18H18N4OS2/c1-11-9-25-18(20-11)22-12(2)7-15(13(22)3)16-10-24-17(21-16)19-8-14-5-4-6-23-14/h4-7,9-10H,8H2,1-3H3,(H,19,21). The van der Waals surface area contributed by atoms with Gasteiger partial charge in [0.25, 0.3) is 0 Å². The van der Waals surface area contributed by atoms with Gasteiger partial charge in [-0.05, 0) is 39.0 Å². The molecule has 4 aromatic rings. The van der Waals surface area contributed by atoms with E-state index >= 15 is 0 Å². The highest BCUT2D eigenvalue weighted by atomic mass is 32.1. The van der Waals surface area contributed by atoms with Gasteiger partial charge in [0.2, 0.25) is 0 Å². The summed E-state index contributed by atoms with van der Waals surface area (Å²) >= 11 is 3.27. The summed E-state index contributed by atoms with van der Waals surface area (Å²) in [5.74, 6) is 0.897. The van der Waals surface area contributed by atoms with E-state index < -0.39 is 0 Å². The zero-order chi connectivity index (χ0) is 17.4. The normalized spacial score (nSPS) is 11.2. The van der Waals surface area contributed by atoms with Crippen molar-refractivity contribution in [3.8, 4) is 16.4 Å². The molecule has 0 saturated carbocycles. The molecular weight excluding hydrogens is 352 g/mol. The first-order chi connectivity index (χ1) is 12.1. The van der Waals surface area contributed by atoms with Crippen molar-refractivity contribution in [1.29, 1.82) is 0 Å². The number of anilines is 1. The van der Waals surface area contributed by atoms with Crippen LogP contribution >= 0.6 is 22.7 Å². The van der Waals surface area contributed by atoms with Gasteiger partial charge in [0, 0.05) is 27.7 Å². The minimum Gasteiger partial charge on any atom is -0.467 e. The Morgan fingerprint density at radius 3 is 2.76 bits per heavy atom. The summed E-state index contributed by atoms with van der Waals surface area (Å²) < 4.78 is 7.54. The van der Waals surface area contributed by atoms with Crippen molar-refractivity contribution in [2.75, 3.05) is 5.32 Å². The summed E-state index contributed by atoms with van der Waals surface area (Å²) in [4.78, 5) is 9.34. The van der Waals surface area contributed by atoms with E-state index in [2.05, 4.69) is 45.5 Å². The van der Waals surface area contributed by atoms with E-state index in [0.717, 1.165) is 38.7 Å². The molecular formula is C18H18N4OS2. The van der Waals surface area contributed by atoms with E-state index in [9.17, 15) is 0 Å². The average Bonchev–Trinajstić information content (AvgIpc) is 3.34. The molecule has 0 aliphatic carbocycles. The van der Waals surface area contributed by atoms with Gasteiger partial charge in [-0.3, -0.25) is 4.57 Å². The van der Waals surface area contributed by atoms with Crippen molar-refractivity contribution in [2.45, 2.75) is 27.3 Å². The van der Waals surface area contributed by atoms with Crippen molar-refractivity contribution in [1.82, 2.24) is 14.5 Å². The van der Waals surface area contributed by atoms with Crippen molar-refractivity contribution < 1.29 is 4.42 Å². The number of aromatic nitrogens is 3. The largest absolute Gasteiger partial charge is 0.467 e. The molecule has 25 heavy (non-hydrogen) atoms. The van der Waals surface area contributed by atoms with Crippen LogP contribution < -0.4 is 5.32 Å². The Balaban J connectivity index is 1.60. The highest BCUT2D eigenvalue weighted by Gasteiger charge is 2.16. The zero-order valence-electron chi connectivity index (χ0n) is 14.2. The number of hydrogen-bond donors (Lipinski definition) is 1. The van der Waals surface area contributed by atoms with Gasteiger partial charge in [0.05, 0.1) is 24.2 Å². The molecule has 0 unspecified atom stereocenters. The minimum atomic E-state index is 0.636. The number of hydrogen-bond acceptors (Lipinski definition) is 6. The van der Waals surface area contributed by atoms with E-state index in [-0.39, 0.29) is 0 Å². The lowest BCUT2D eigenvalue weighted by Gasteiger charge is -2.05. The molecule has 0 saturated heterocycles. The second-order valence-electron chi connectivity index (χ2n) is 5.86.